The van der Waals surface area contributed by atoms with Gasteiger partial charge in [0.15, 0.2) is 0 Å². The minimum Gasteiger partial charge on any atom is -0.460 e. The van der Waals surface area contributed by atoms with Gasteiger partial charge in [-0.2, -0.15) is 0 Å². The quantitative estimate of drug-likeness (QED) is 0.623. The number of rotatable bonds is 5. The van der Waals surface area contributed by atoms with Crippen LogP contribution in [0.4, 0.5) is 0 Å². The second-order valence-corrected chi connectivity index (χ2v) is 7.79. The van der Waals surface area contributed by atoms with Crippen molar-refractivity contribution in [3.8, 4) is 0 Å². The number of halogens is 1. The lowest BCUT2D eigenvalue weighted by molar-refractivity contribution is -0.0281. The maximum atomic E-state index is 11.9. The van der Waals surface area contributed by atoms with Crippen molar-refractivity contribution in [2.75, 3.05) is 13.2 Å². The molecule has 8 heteroatoms. The second-order valence-electron chi connectivity index (χ2n) is 5.32. The average molecular weight is 380 g/mol. The van der Waals surface area contributed by atoms with Gasteiger partial charge in [-0.15, -0.1) is 0 Å². The molecule has 118 valence electrons. The molecule has 1 aromatic rings. The Hall–Kier alpha value is -0.960. The molecule has 0 aliphatic heterocycles. The molecule has 0 aromatic heterocycles. The molecule has 0 spiro atoms. The Morgan fingerprint density at radius 2 is 1.86 bits per heavy atom. The molecular formula is C13H18BrNO5S. The van der Waals surface area contributed by atoms with E-state index in [0.717, 1.165) is 0 Å². The highest BCUT2D eigenvalue weighted by Gasteiger charge is 2.15. The summed E-state index contributed by atoms with van der Waals surface area (Å²) in [5, 5.41) is 5.04. The van der Waals surface area contributed by atoms with Crippen LogP contribution in [0.15, 0.2) is 27.6 Å². The van der Waals surface area contributed by atoms with Crippen molar-refractivity contribution in [1.29, 1.82) is 0 Å². The number of benzene rings is 1. The zero-order chi connectivity index (χ0) is 16.3. The van der Waals surface area contributed by atoms with E-state index in [1.807, 2.05) is 20.8 Å². The van der Waals surface area contributed by atoms with Crippen molar-refractivity contribution in [2.45, 2.75) is 31.3 Å². The van der Waals surface area contributed by atoms with E-state index in [1.54, 1.807) is 0 Å². The highest BCUT2D eigenvalue weighted by molar-refractivity contribution is 9.10. The first kappa shape index (κ1) is 18.1. The smallest absolute Gasteiger partial charge is 0.338 e. The molecule has 0 aliphatic carbocycles. The number of carbonyl (C=O) groups is 1. The van der Waals surface area contributed by atoms with Crippen LogP contribution in [0.3, 0.4) is 0 Å². The lowest BCUT2D eigenvalue weighted by atomic mass is 10.2. The maximum absolute atomic E-state index is 11.9. The number of hydrogen-bond donors (Lipinski definition) is 1. The van der Waals surface area contributed by atoms with Crippen molar-refractivity contribution >= 4 is 31.9 Å². The largest absolute Gasteiger partial charge is 0.460 e. The fourth-order valence-corrected chi connectivity index (χ4v) is 2.64. The Bertz CT molecular complexity index is 622. The highest BCUT2D eigenvalue weighted by atomic mass is 79.9. The van der Waals surface area contributed by atoms with Gasteiger partial charge in [0.05, 0.1) is 22.7 Å². The normalized spacial score (nSPS) is 12.2. The van der Waals surface area contributed by atoms with Gasteiger partial charge in [-0.25, -0.2) is 18.4 Å². The van der Waals surface area contributed by atoms with Gasteiger partial charge in [0.2, 0.25) is 10.0 Å². The van der Waals surface area contributed by atoms with E-state index in [0.29, 0.717) is 4.47 Å². The Labute approximate surface area is 132 Å². The second kappa shape index (κ2) is 6.87. The van der Waals surface area contributed by atoms with Crippen LogP contribution in [0, 0.1) is 0 Å². The Morgan fingerprint density at radius 1 is 1.24 bits per heavy atom. The number of sulfonamides is 1. The van der Waals surface area contributed by atoms with Crippen LogP contribution < -0.4 is 5.14 Å². The van der Waals surface area contributed by atoms with E-state index in [4.69, 9.17) is 14.6 Å². The molecule has 0 radical (unpaired) electrons. The molecule has 0 amide bonds. The van der Waals surface area contributed by atoms with Gasteiger partial charge < -0.3 is 9.47 Å². The predicted molar refractivity (Wildman–Crippen MR) is 81.5 cm³/mol. The summed E-state index contributed by atoms with van der Waals surface area (Å²) in [6.07, 6.45) is 0. The van der Waals surface area contributed by atoms with Crippen LogP contribution in [-0.2, 0) is 19.5 Å². The van der Waals surface area contributed by atoms with E-state index in [1.165, 1.54) is 18.2 Å². The minimum atomic E-state index is -3.89. The molecule has 0 unspecified atom stereocenters. The van der Waals surface area contributed by atoms with Crippen LogP contribution in [-0.4, -0.2) is 33.2 Å². The topological polar surface area (TPSA) is 95.7 Å². The lowest BCUT2D eigenvalue weighted by Crippen LogP contribution is -2.22. The van der Waals surface area contributed by atoms with E-state index < -0.39 is 16.0 Å². The molecule has 21 heavy (non-hydrogen) atoms. The third-order valence-corrected chi connectivity index (χ3v) is 3.64. The number of ether oxygens (including phenoxy) is 2. The zero-order valence-corrected chi connectivity index (χ0v) is 14.5. The fraction of sp³-hybridized carbons (Fsp3) is 0.462. The fourth-order valence-electron chi connectivity index (χ4n) is 1.41. The van der Waals surface area contributed by atoms with Crippen molar-refractivity contribution in [3.63, 3.8) is 0 Å². The van der Waals surface area contributed by atoms with Gasteiger partial charge in [0.1, 0.15) is 6.61 Å². The summed E-state index contributed by atoms with van der Waals surface area (Å²) >= 11 is 3.13. The molecule has 0 atom stereocenters. The summed E-state index contributed by atoms with van der Waals surface area (Å²) in [5.74, 6) is -0.640. The van der Waals surface area contributed by atoms with Crippen LogP contribution in [0.2, 0.25) is 0 Å². The Kier molecular flexibility index (Phi) is 5.92. The van der Waals surface area contributed by atoms with E-state index in [2.05, 4.69) is 15.9 Å². The van der Waals surface area contributed by atoms with Crippen molar-refractivity contribution in [1.82, 2.24) is 0 Å². The first-order chi connectivity index (χ1) is 9.49. The summed E-state index contributed by atoms with van der Waals surface area (Å²) in [6.45, 7) is 6.00. The Balaban J connectivity index is 2.73. The van der Waals surface area contributed by atoms with Gasteiger partial charge in [0.25, 0.3) is 0 Å². The van der Waals surface area contributed by atoms with E-state index >= 15 is 0 Å². The van der Waals surface area contributed by atoms with Crippen LogP contribution in [0.25, 0.3) is 0 Å². The van der Waals surface area contributed by atoms with Gasteiger partial charge in [-0.3, -0.25) is 0 Å². The molecule has 0 bridgehead atoms. The summed E-state index contributed by atoms with van der Waals surface area (Å²) in [6, 6.07) is 3.95. The number of esters is 1. The third kappa shape index (κ3) is 6.56. The summed E-state index contributed by atoms with van der Waals surface area (Å²) in [5.41, 5.74) is -0.215. The lowest BCUT2D eigenvalue weighted by Gasteiger charge is -2.19. The summed E-state index contributed by atoms with van der Waals surface area (Å²) < 4.78 is 33.5. The van der Waals surface area contributed by atoms with E-state index in [-0.39, 0.29) is 29.3 Å². The first-order valence-corrected chi connectivity index (χ1v) is 8.47. The molecular weight excluding hydrogens is 362 g/mol. The average Bonchev–Trinajstić information content (AvgIpc) is 2.31. The molecule has 0 saturated carbocycles. The van der Waals surface area contributed by atoms with Crippen molar-refractivity contribution in [3.05, 3.63) is 28.2 Å². The number of hydrogen-bond acceptors (Lipinski definition) is 5. The molecule has 0 aliphatic rings. The molecule has 6 nitrogen and oxygen atoms in total. The molecule has 0 heterocycles. The maximum Gasteiger partial charge on any atom is 0.338 e. The predicted octanol–water partition coefficient (Wildman–Crippen LogP) is 2.07. The molecule has 2 N–H and O–H groups in total. The molecule has 1 rings (SSSR count). The van der Waals surface area contributed by atoms with E-state index in [9.17, 15) is 13.2 Å². The van der Waals surface area contributed by atoms with Gasteiger partial charge in [0, 0.05) is 4.47 Å². The zero-order valence-electron chi connectivity index (χ0n) is 12.1. The van der Waals surface area contributed by atoms with Crippen molar-refractivity contribution < 1.29 is 22.7 Å². The first-order valence-electron chi connectivity index (χ1n) is 6.13. The summed E-state index contributed by atoms with van der Waals surface area (Å²) in [7, 11) is -3.89. The van der Waals surface area contributed by atoms with Crippen LogP contribution >= 0.6 is 15.9 Å². The standard InChI is InChI=1S/C13H18BrNO5S/c1-13(2,3)20-5-4-19-12(16)9-6-10(14)8-11(7-9)21(15,17)18/h6-8H,4-5H2,1-3H3,(H2,15,17,18). The SMILES string of the molecule is CC(C)(C)OCCOC(=O)c1cc(Br)cc(S(N)(=O)=O)c1. The van der Waals surface area contributed by atoms with Gasteiger partial charge in [-0.1, -0.05) is 15.9 Å². The summed E-state index contributed by atoms with van der Waals surface area (Å²) in [4.78, 5) is 11.7. The minimum absolute atomic E-state index is 0.0767. The molecule has 1 aromatic carbocycles. The number of carbonyl (C=O) groups excluding carboxylic acids is 1. The third-order valence-electron chi connectivity index (χ3n) is 2.29. The monoisotopic (exact) mass is 379 g/mol. The van der Waals surface area contributed by atoms with Crippen molar-refractivity contribution in [2.24, 2.45) is 5.14 Å². The Morgan fingerprint density at radius 3 is 2.38 bits per heavy atom. The molecule has 0 fully saturated rings. The van der Waals surface area contributed by atoms with Crippen LogP contribution in [0.1, 0.15) is 31.1 Å². The molecule has 0 saturated heterocycles. The highest BCUT2D eigenvalue weighted by Crippen LogP contribution is 2.19. The van der Waals surface area contributed by atoms with Gasteiger partial charge in [-0.05, 0) is 39.0 Å². The number of nitrogens with two attached hydrogens (primary N) is 1. The number of primary sulfonamides is 1. The van der Waals surface area contributed by atoms with Gasteiger partial charge >= 0.3 is 5.97 Å². The van der Waals surface area contributed by atoms with Crippen LogP contribution in [0.5, 0.6) is 0 Å².